The molecule has 153 valence electrons. The largest absolute Gasteiger partial charge is 3.00 e. The molecule has 1 aromatic heterocycles. The van der Waals surface area contributed by atoms with Gasteiger partial charge in [-0.15, -0.1) is 0 Å². The minimum absolute atomic E-state index is 0. The minimum Gasteiger partial charge on any atom is -1.00 e. The summed E-state index contributed by atoms with van der Waals surface area (Å²) in [4.78, 5) is 14.2. The fourth-order valence-corrected chi connectivity index (χ4v) is 3.68. The van der Waals surface area contributed by atoms with Crippen LogP contribution in [0.2, 0.25) is 0 Å². The molecule has 3 nitrogen and oxygen atoms in total. The quantitative estimate of drug-likeness (QED) is 0.324. The molecule has 2 saturated carbocycles. The van der Waals surface area contributed by atoms with Crippen LogP contribution in [-0.2, 0) is 17.1 Å². The van der Waals surface area contributed by atoms with E-state index in [-0.39, 0.29) is 54.3 Å². The summed E-state index contributed by atoms with van der Waals surface area (Å²) in [5.74, 6) is 0. The molecule has 7 heteroatoms. The van der Waals surface area contributed by atoms with Gasteiger partial charge in [-0.1, -0.05) is 38.5 Å². The van der Waals surface area contributed by atoms with E-state index in [1.54, 1.807) is 0 Å². The second kappa shape index (κ2) is 15.8. The smallest absolute Gasteiger partial charge is 1.00 e. The fourth-order valence-electron chi connectivity index (χ4n) is 3.68. The third-order valence-corrected chi connectivity index (χ3v) is 4.99. The number of aromatic nitrogens is 1. The van der Waals surface area contributed by atoms with Crippen LogP contribution in [0.25, 0.3) is 0 Å². The summed E-state index contributed by atoms with van der Waals surface area (Å²) in [7, 11) is 0. The van der Waals surface area contributed by atoms with Crippen LogP contribution >= 0.6 is 0 Å². The second-order valence-electron chi connectivity index (χ2n) is 7.13. The maximum atomic E-state index is 4.75. The van der Waals surface area contributed by atoms with E-state index in [1.807, 2.05) is 12.4 Å². The maximum Gasteiger partial charge on any atom is 3.00 e. The number of hydrogen-bond donors (Lipinski definition) is 0. The number of hydrogen-bond acceptors (Lipinski definition) is 3. The Bertz CT molecular complexity index is 523. The van der Waals surface area contributed by atoms with Crippen molar-refractivity contribution in [2.75, 3.05) is 0 Å². The Kier molecular flexibility index (Phi) is 17.0. The molecule has 1 aromatic rings. The normalized spacial score (nSPS) is 18.3. The Morgan fingerprint density at radius 3 is 1.48 bits per heavy atom. The van der Waals surface area contributed by atoms with E-state index in [0.29, 0.717) is 12.1 Å². The van der Waals surface area contributed by atoms with Gasteiger partial charge in [0.05, 0.1) is 23.5 Å². The Morgan fingerprint density at radius 1 is 0.741 bits per heavy atom. The van der Waals surface area contributed by atoms with E-state index in [9.17, 15) is 0 Å². The van der Waals surface area contributed by atoms with Gasteiger partial charge < -0.3 is 37.2 Å². The van der Waals surface area contributed by atoms with Crippen LogP contribution in [0.3, 0.4) is 0 Å². The van der Waals surface area contributed by atoms with E-state index in [4.69, 9.17) is 15.0 Å². The fraction of sp³-hybridized carbons (Fsp3) is 0.650. The molecule has 0 unspecified atom stereocenters. The van der Waals surface area contributed by atoms with Gasteiger partial charge >= 0.3 is 17.1 Å². The van der Waals surface area contributed by atoms with Crippen LogP contribution in [0.4, 0.5) is 0 Å². The number of rotatable bonds is 4. The molecule has 0 aliphatic heterocycles. The van der Waals surface area contributed by atoms with E-state index in [1.165, 1.54) is 69.8 Å². The van der Waals surface area contributed by atoms with Crippen LogP contribution in [0.1, 0.15) is 81.2 Å². The van der Waals surface area contributed by atoms with E-state index >= 15 is 0 Å². The summed E-state index contributed by atoms with van der Waals surface area (Å²) in [6, 6.07) is 5.24. The minimum atomic E-state index is 0. The Hall–Kier alpha value is -0.121. The van der Waals surface area contributed by atoms with Crippen LogP contribution in [-0.4, -0.2) is 29.5 Å². The van der Waals surface area contributed by atoms with Crippen LogP contribution < -0.4 is 37.2 Å². The first-order valence-electron chi connectivity index (χ1n) is 9.35. The first kappa shape index (κ1) is 29.1. The summed E-state index contributed by atoms with van der Waals surface area (Å²) in [5, 5.41) is 0. The molecule has 0 amide bonds. The van der Waals surface area contributed by atoms with Gasteiger partial charge in [0.15, 0.2) is 0 Å². The number of nitrogens with zero attached hydrogens (tertiary/aromatic N) is 3. The van der Waals surface area contributed by atoms with Crippen molar-refractivity contribution in [3.8, 4) is 0 Å². The predicted molar refractivity (Wildman–Crippen MR) is 97.9 cm³/mol. The van der Waals surface area contributed by atoms with Gasteiger partial charge in [-0.05, 0) is 50.3 Å². The molecule has 0 N–H and O–H groups in total. The van der Waals surface area contributed by atoms with E-state index < -0.39 is 0 Å². The standard InChI is InChI=1S/C20H29N3.3ClH.Fe/c1-16-12-19(14-21-17-8-4-2-5-9-17)23-20(13-16)15-22-18-10-6-3-7-11-18;;;;/h12-15,17-18H,2-11H2,1H3;3*1H;/q;;;;+3/p-3. The van der Waals surface area contributed by atoms with Crippen LogP contribution in [0.5, 0.6) is 0 Å². The van der Waals surface area contributed by atoms with Gasteiger partial charge in [0.1, 0.15) is 0 Å². The van der Waals surface area contributed by atoms with Crippen molar-refractivity contribution in [3.05, 3.63) is 29.1 Å². The molecule has 3 rings (SSSR count). The number of halogens is 3. The van der Waals surface area contributed by atoms with Gasteiger partial charge in [-0.25, -0.2) is 4.98 Å². The van der Waals surface area contributed by atoms with Crippen molar-refractivity contribution in [1.29, 1.82) is 0 Å². The zero-order chi connectivity index (χ0) is 15.9. The van der Waals surface area contributed by atoms with E-state index in [2.05, 4.69) is 19.1 Å². The number of aliphatic imine (C=N–C) groups is 2. The first-order valence-corrected chi connectivity index (χ1v) is 9.35. The molecular weight excluding hydrogens is 444 g/mol. The molecule has 1 radical (unpaired) electrons. The Morgan fingerprint density at radius 2 is 1.11 bits per heavy atom. The molecule has 1 heterocycles. The number of pyridine rings is 1. The monoisotopic (exact) mass is 472 g/mol. The van der Waals surface area contributed by atoms with Crippen LogP contribution in [0, 0.1) is 6.92 Å². The molecule has 0 atom stereocenters. The molecule has 0 bridgehead atoms. The molecule has 27 heavy (non-hydrogen) atoms. The SMILES string of the molecule is Cc1cc(C=NC2CCCCC2)nc(C=NC2CCCCC2)c1.[Cl-].[Cl-].[Cl-].[Fe+3]. The van der Waals surface area contributed by atoms with Gasteiger partial charge in [0.2, 0.25) is 0 Å². The van der Waals surface area contributed by atoms with Gasteiger partial charge in [0.25, 0.3) is 0 Å². The summed E-state index contributed by atoms with van der Waals surface area (Å²) in [6.07, 6.45) is 16.9. The molecule has 2 aliphatic carbocycles. The van der Waals surface area contributed by atoms with Crippen molar-refractivity contribution < 1.29 is 54.3 Å². The summed E-state index contributed by atoms with van der Waals surface area (Å²) < 4.78 is 0. The third-order valence-electron chi connectivity index (χ3n) is 4.99. The summed E-state index contributed by atoms with van der Waals surface area (Å²) in [5.41, 5.74) is 3.18. The maximum absolute atomic E-state index is 4.75. The summed E-state index contributed by atoms with van der Waals surface area (Å²) >= 11 is 0. The van der Waals surface area contributed by atoms with Crippen molar-refractivity contribution >= 4 is 12.4 Å². The molecule has 2 aliphatic rings. The zero-order valence-corrected chi connectivity index (χ0v) is 19.2. The zero-order valence-electron chi connectivity index (χ0n) is 15.9. The van der Waals surface area contributed by atoms with Gasteiger partial charge in [0, 0.05) is 12.4 Å². The first-order chi connectivity index (χ1) is 11.3. The Balaban J connectivity index is 0. The molecule has 0 spiro atoms. The second-order valence-corrected chi connectivity index (χ2v) is 7.13. The topological polar surface area (TPSA) is 37.6 Å². The van der Waals surface area contributed by atoms with Crippen molar-refractivity contribution in [3.63, 3.8) is 0 Å². The van der Waals surface area contributed by atoms with Crippen molar-refractivity contribution in [1.82, 2.24) is 4.98 Å². The van der Waals surface area contributed by atoms with Gasteiger partial charge in [-0.3, -0.25) is 9.98 Å². The predicted octanol–water partition coefficient (Wildman–Crippen LogP) is -4.10. The van der Waals surface area contributed by atoms with Crippen LogP contribution in [0.15, 0.2) is 22.1 Å². The number of aryl methyl sites for hydroxylation is 1. The molecule has 2 fully saturated rings. The molecular formula is C20H29Cl3FeN3. The third kappa shape index (κ3) is 10.3. The average Bonchev–Trinajstić information content (AvgIpc) is 2.60. The summed E-state index contributed by atoms with van der Waals surface area (Å²) in [6.45, 7) is 2.12. The Labute approximate surface area is 193 Å². The molecule has 0 aromatic carbocycles. The van der Waals surface area contributed by atoms with Crippen molar-refractivity contribution in [2.45, 2.75) is 83.2 Å². The van der Waals surface area contributed by atoms with E-state index in [0.717, 1.165) is 11.4 Å². The average molecular weight is 474 g/mol. The molecule has 0 saturated heterocycles. The van der Waals surface area contributed by atoms with Gasteiger partial charge in [-0.2, -0.15) is 0 Å². The van der Waals surface area contributed by atoms with Crippen molar-refractivity contribution in [2.24, 2.45) is 9.98 Å².